The van der Waals surface area contributed by atoms with Crippen molar-refractivity contribution >= 4 is 5.69 Å². The van der Waals surface area contributed by atoms with Crippen molar-refractivity contribution in [2.24, 2.45) is 0 Å². The molecule has 124 valence electrons. The van der Waals surface area contributed by atoms with Gasteiger partial charge in [-0.3, -0.25) is 4.90 Å². The fourth-order valence-corrected chi connectivity index (χ4v) is 3.12. The number of hydrogen-bond donors (Lipinski definition) is 0. The summed E-state index contributed by atoms with van der Waals surface area (Å²) in [6.45, 7) is 9.43. The summed E-state index contributed by atoms with van der Waals surface area (Å²) in [4.78, 5) is 4.83. The van der Waals surface area contributed by atoms with Gasteiger partial charge in [0.2, 0.25) is 0 Å². The van der Waals surface area contributed by atoms with E-state index in [1.807, 2.05) is 25.1 Å². The lowest BCUT2D eigenvalue weighted by Gasteiger charge is -2.36. The molecule has 0 saturated carbocycles. The van der Waals surface area contributed by atoms with Crippen molar-refractivity contribution in [3.8, 4) is 0 Å². The Kier molecular flexibility index (Phi) is 5.01. The van der Waals surface area contributed by atoms with E-state index in [0.717, 1.165) is 56.4 Å². The zero-order chi connectivity index (χ0) is 16.2. The number of halogens is 1. The molecule has 0 spiro atoms. The van der Waals surface area contributed by atoms with Crippen LogP contribution in [-0.2, 0) is 0 Å². The summed E-state index contributed by atoms with van der Waals surface area (Å²) in [6, 6.07) is 10.9. The molecule has 2 aromatic rings. The molecular formula is C19H25FN2O. The highest BCUT2D eigenvalue weighted by atomic mass is 19.1. The summed E-state index contributed by atoms with van der Waals surface area (Å²) >= 11 is 0. The van der Waals surface area contributed by atoms with E-state index in [4.69, 9.17) is 4.42 Å². The van der Waals surface area contributed by atoms with Gasteiger partial charge >= 0.3 is 0 Å². The zero-order valence-corrected chi connectivity index (χ0v) is 14.0. The average Bonchev–Trinajstić information content (AvgIpc) is 3.00. The van der Waals surface area contributed by atoms with E-state index in [2.05, 4.69) is 22.8 Å². The Morgan fingerprint density at radius 2 is 1.74 bits per heavy atom. The van der Waals surface area contributed by atoms with Gasteiger partial charge in [-0.15, -0.1) is 0 Å². The lowest BCUT2D eigenvalue weighted by Crippen LogP contribution is -2.46. The van der Waals surface area contributed by atoms with Crippen LogP contribution in [0, 0.1) is 12.7 Å². The number of hydrogen-bond acceptors (Lipinski definition) is 3. The molecule has 3 rings (SSSR count). The van der Waals surface area contributed by atoms with Crippen LogP contribution in [-0.4, -0.2) is 37.6 Å². The number of piperazine rings is 1. The number of benzene rings is 1. The Labute approximate surface area is 137 Å². The minimum absolute atomic E-state index is 0.172. The number of furan rings is 1. The molecule has 1 unspecified atom stereocenters. The number of rotatable bonds is 5. The van der Waals surface area contributed by atoms with Crippen molar-refractivity contribution in [2.45, 2.75) is 26.2 Å². The lowest BCUT2D eigenvalue weighted by atomic mass is 10.0. The minimum atomic E-state index is -0.172. The minimum Gasteiger partial charge on any atom is -0.466 e. The molecule has 1 aromatic carbocycles. The molecule has 2 heterocycles. The van der Waals surface area contributed by atoms with Gasteiger partial charge in [-0.05, 0) is 56.3 Å². The Bertz CT molecular complexity index is 615. The molecule has 1 aromatic heterocycles. The van der Waals surface area contributed by atoms with Gasteiger partial charge in [-0.25, -0.2) is 4.39 Å². The summed E-state index contributed by atoms with van der Waals surface area (Å²) in [7, 11) is 0. The van der Waals surface area contributed by atoms with Crippen LogP contribution in [0.15, 0.2) is 40.8 Å². The van der Waals surface area contributed by atoms with Crippen LogP contribution in [0.5, 0.6) is 0 Å². The molecule has 23 heavy (non-hydrogen) atoms. The number of nitrogens with zero attached hydrogens (tertiary/aromatic N) is 2. The highest BCUT2D eigenvalue weighted by Crippen LogP contribution is 2.22. The third-order valence-corrected chi connectivity index (χ3v) is 4.69. The van der Waals surface area contributed by atoms with Crippen molar-refractivity contribution in [1.29, 1.82) is 0 Å². The van der Waals surface area contributed by atoms with Crippen molar-refractivity contribution in [3.05, 3.63) is 53.7 Å². The van der Waals surface area contributed by atoms with E-state index in [9.17, 15) is 4.39 Å². The Hall–Kier alpha value is -1.81. The van der Waals surface area contributed by atoms with Gasteiger partial charge in [0.05, 0.1) is 0 Å². The van der Waals surface area contributed by atoms with Crippen LogP contribution in [0.1, 0.15) is 30.8 Å². The molecular weight excluding hydrogens is 291 g/mol. The molecule has 0 amide bonds. The van der Waals surface area contributed by atoms with Crippen LogP contribution in [0.2, 0.25) is 0 Å². The fourth-order valence-electron chi connectivity index (χ4n) is 3.12. The maximum atomic E-state index is 13.0. The molecule has 1 atom stereocenters. The fraction of sp³-hybridized carbons (Fsp3) is 0.474. The predicted octanol–water partition coefficient (Wildman–Crippen LogP) is 4.04. The lowest BCUT2D eigenvalue weighted by molar-refractivity contribution is 0.246. The van der Waals surface area contributed by atoms with Gasteiger partial charge in [0.1, 0.15) is 17.3 Å². The van der Waals surface area contributed by atoms with Crippen molar-refractivity contribution in [3.63, 3.8) is 0 Å². The van der Waals surface area contributed by atoms with Crippen LogP contribution in [0.25, 0.3) is 0 Å². The molecule has 1 aliphatic heterocycles. The topological polar surface area (TPSA) is 19.6 Å². The number of anilines is 1. The molecule has 1 fully saturated rings. The molecule has 4 heteroatoms. The smallest absolute Gasteiger partial charge is 0.123 e. The Balaban J connectivity index is 1.45. The summed E-state index contributed by atoms with van der Waals surface area (Å²) in [5, 5.41) is 0. The summed E-state index contributed by atoms with van der Waals surface area (Å²) in [5.74, 6) is 2.36. The summed E-state index contributed by atoms with van der Waals surface area (Å²) in [6.07, 6.45) is 1.11. The first-order valence-electron chi connectivity index (χ1n) is 8.41. The summed E-state index contributed by atoms with van der Waals surface area (Å²) < 4.78 is 18.7. The first kappa shape index (κ1) is 16.1. The molecule has 1 aliphatic rings. The van der Waals surface area contributed by atoms with Gasteiger partial charge in [0, 0.05) is 37.8 Å². The molecule has 0 aliphatic carbocycles. The van der Waals surface area contributed by atoms with E-state index in [0.29, 0.717) is 5.92 Å². The quantitative estimate of drug-likeness (QED) is 0.830. The first-order chi connectivity index (χ1) is 11.1. The molecule has 0 bridgehead atoms. The molecule has 0 radical (unpaired) electrons. The molecule has 1 saturated heterocycles. The normalized spacial score (nSPS) is 17.4. The van der Waals surface area contributed by atoms with E-state index in [1.54, 1.807) is 0 Å². The van der Waals surface area contributed by atoms with Crippen LogP contribution < -0.4 is 4.90 Å². The maximum absolute atomic E-state index is 13.0. The van der Waals surface area contributed by atoms with Crippen molar-refractivity contribution in [2.75, 3.05) is 37.6 Å². The van der Waals surface area contributed by atoms with Gasteiger partial charge in [0.15, 0.2) is 0 Å². The zero-order valence-electron chi connectivity index (χ0n) is 14.0. The van der Waals surface area contributed by atoms with Crippen LogP contribution in [0.3, 0.4) is 0 Å². The highest BCUT2D eigenvalue weighted by molar-refractivity contribution is 5.46. The standard InChI is InChI=1S/C19H25FN2O/c1-15(19-8-3-16(2)23-19)9-10-21-11-13-22(14-12-21)18-6-4-17(20)5-7-18/h3-8,15H,9-14H2,1-2H3. The second kappa shape index (κ2) is 7.18. The van der Waals surface area contributed by atoms with Crippen molar-refractivity contribution < 1.29 is 8.81 Å². The second-order valence-corrected chi connectivity index (χ2v) is 6.44. The summed E-state index contributed by atoms with van der Waals surface area (Å²) in [5.41, 5.74) is 1.12. The Morgan fingerprint density at radius 1 is 1.04 bits per heavy atom. The molecule has 3 nitrogen and oxygen atoms in total. The number of aryl methyl sites for hydroxylation is 1. The predicted molar refractivity (Wildman–Crippen MR) is 91.5 cm³/mol. The van der Waals surface area contributed by atoms with Crippen molar-refractivity contribution in [1.82, 2.24) is 4.90 Å². The van der Waals surface area contributed by atoms with Gasteiger partial charge < -0.3 is 9.32 Å². The van der Waals surface area contributed by atoms with Gasteiger partial charge in [-0.1, -0.05) is 6.92 Å². The van der Waals surface area contributed by atoms with Gasteiger partial charge in [0.25, 0.3) is 0 Å². The highest BCUT2D eigenvalue weighted by Gasteiger charge is 2.18. The van der Waals surface area contributed by atoms with Gasteiger partial charge in [-0.2, -0.15) is 0 Å². The van der Waals surface area contributed by atoms with Crippen LogP contribution >= 0.6 is 0 Å². The SMILES string of the molecule is Cc1ccc(C(C)CCN2CCN(c3ccc(F)cc3)CC2)o1. The Morgan fingerprint density at radius 3 is 2.35 bits per heavy atom. The maximum Gasteiger partial charge on any atom is 0.123 e. The van der Waals surface area contributed by atoms with E-state index in [1.165, 1.54) is 12.1 Å². The van der Waals surface area contributed by atoms with Crippen LogP contribution in [0.4, 0.5) is 10.1 Å². The first-order valence-corrected chi connectivity index (χ1v) is 8.41. The monoisotopic (exact) mass is 316 g/mol. The second-order valence-electron chi connectivity index (χ2n) is 6.44. The van der Waals surface area contributed by atoms with E-state index < -0.39 is 0 Å². The van der Waals surface area contributed by atoms with E-state index in [-0.39, 0.29) is 5.82 Å². The third kappa shape index (κ3) is 4.14. The largest absolute Gasteiger partial charge is 0.466 e. The average molecular weight is 316 g/mol. The molecule has 0 N–H and O–H groups in total. The third-order valence-electron chi connectivity index (χ3n) is 4.69. The van der Waals surface area contributed by atoms with E-state index >= 15 is 0 Å².